The number of hydrogen-bond acceptors (Lipinski definition) is 16. The highest BCUT2D eigenvalue weighted by Gasteiger charge is 2.41. The van der Waals surface area contributed by atoms with E-state index in [4.69, 9.17) is 5.73 Å². The number of carbonyl (C=O) groups is 10. The number of β-amino-alcohol motifs (C(OH)–C–C–N with tert-alkyl or cyclic N) is 1. The number of carboxylic acids is 1. The summed E-state index contributed by atoms with van der Waals surface area (Å²) in [7, 11) is 0. The Kier molecular flexibility index (Phi) is 20.1. The molecule has 25 heteroatoms. The Bertz CT molecular complexity index is 1510. The second kappa shape index (κ2) is 23.0. The molecule has 10 atom stereocenters. The Labute approximate surface area is 325 Å². The van der Waals surface area contributed by atoms with Crippen LogP contribution < -0.4 is 48.3 Å². The zero-order valence-corrected chi connectivity index (χ0v) is 31.8. The molecule has 1 aliphatic heterocycles. The van der Waals surface area contributed by atoms with Crippen LogP contribution in [-0.4, -0.2) is 177 Å². The van der Waals surface area contributed by atoms with Gasteiger partial charge in [-0.05, 0) is 18.8 Å². The molecule has 322 valence electrons. The number of amides is 8. The maximum Gasteiger partial charge on any atom is 0.336 e. The van der Waals surface area contributed by atoms with Crippen LogP contribution in [0.4, 0.5) is 0 Å². The predicted octanol–water partition coefficient (Wildman–Crippen LogP) is -9.09. The SMILES string of the molecule is CC(C)CC(=O)CNCC1NC(=O)C(C(=O)O)NC(=O)C(O)CNC(=O)C(C(C)O)NC(=O)C(C(O)C(O)C(N)=O)NC(=O)C(C(C)C)NC(=O)C(CO)NC1=O. The van der Waals surface area contributed by atoms with Gasteiger partial charge in [-0.15, -0.1) is 0 Å². The quantitative estimate of drug-likeness (QED) is 0.0767. The number of carbonyl (C=O) groups excluding carboxylic acids is 9. The number of ketones is 1. The molecule has 25 nitrogen and oxygen atoms in total. The highest BCUT2D eigenvalue weighted by molar-refractivity contribution is 6.06. The molecule has 1 fully saturated rings. The van der Waals surface area contributed by atoms with E-state index in [-0.39, 0.29) is 24.7 Å². The van der Waals surface area contributed by atoms with E-state index in [2.05, 4.69) is 16.0 Å². The lowest BCUT2D eigenvalue weighted by Crippen LogP contribution is -2.66. The number of carboxylic acid groups (broad SMARTS) is 1. The first-order valence-corrected chi connectivity index (χ1v) is 17.6. The molecule has 1 rings (SSSR count). The Balaban J connectivity index is 3.76. The van der Waals surface area contributed by atoms with Crippen LogP contribution in [0.2, 0.25) is 0 Å². The Morgan fingerprint density at radius 1 is 0.719 bits per heavy atom. The highest BCUT2D eigenvalue weighted by Crippen LogP contribution is 2.09. The molecule has 57 heavy (non-hydrogen) atoms. The third-order valence-electron chi connectivity index (χ3n) is 8.17. The Morgan fingerprint density at radius 3 is 1.75 bits per heavy atom. The van der Waals surface area contributed by atoms with Crippen molar-refractivity contribution in [3.63, 3.8) is 0 Å². The van der Waals surface area contributed by atoms with Crippen molar-refractivity contribution in [1.82, 2.24) is 42.5 Å². The summed E-state index contributed by atoms with van der Waals surface area (Å²) < 4.78 is 0. The first-order chi connectivity index (χ1) is 26.4. The van der Waals surface area contributed by atoms with Crippen LogP contribution in [0.25, 0.3) is 0 Å². The number of rotatable bonds is 13. The molecule has 0 spiro atoms. The molecule has 1 heterocycles. The van der Waals surface area contributed by atoms with E-state index in [0.717, 1.165) is 6.92 Å². The van der Waals surface area contributed by atoms with E-state index >= 15 is 0 Å². The molecule has 16 N–H and O–H groups in total. The van der Waals surface area contributed by atoms with Gasteiger partial charge in [-0.25, -0.2) is 4.79 Å². The molecule has 0 radical (unpaired) electrons. The fourth-order valence-corrected chi connectivity index (χ4v) is 5.03. The molecular weight excluding hydrogens is 766 g/mol. The van der Waals surface area contributed by atoms with E-state index in [0.29, 0.717) is 0 Å². The molecule has 1 aliphatic rings. The predicted molar refractivity (Wildman–Crippen MR) is 190 cm³/mol. The van der Waals surface area contributed by atoms with Crippen molar-refractivity contribution in [1.29, 1.82) is 0 Å². The zero-order chi connectivity index (χ0) is 43.9. The molecule has 10 unspecified atom stereocenters. The lowest BCUT2D eigenvalue weighted by molar-refractivity contribution is -0.148. The van der Waals surface area contributed by atoms with Gasteiger partial charge in [0.1, 0.15) is 48.2 Å². The number of aliphatic hydroxyl groups is 5. The summed E-state index contributed by atoms with van der Waals surface area (Å²) in [6.45, 7) is 4.22. The van der Waals surface area contributed by atoms with Crippen LogP contribution in [0.3, 0.4) is 0 Å². The minimum Gasteiger partial charge on any atom is -0.479 e. The standard InChI is InChI=1S/C32H53N9O16/c1-11(2)6-14(44)7-34-8-15-25(49)37-16(10-42)26(50)38-18(12(3)4)29(53)40-20(22(46)23(47)24(33)48)30(54)39-19(13(5)43)28(52)35-9-17(45)27(51)41-21(32(56)57)31(55)36-15/h11-13,15-23,34,42-43,45-47H,6-10H2,1-5H3,(H2,33,48)(H,35,52)(H,36,55)(H,37,49)(H,38,50)(H,39,54)(H,40,53)(H,41,51)(H,56,57). The fourth-order valence-electron chi connectivity index (χ4n) is 5.03. The van der Waals surface area contributed by atoms with E-state index in [1.54, 1.807) is 19.2 Å². The van der Waals surface area contributed by atoms with Crippen LogP contribution in [0.1, 0.15) is 41.0 Å². The third kappa shape index (κ3) is 15.6. The molecule has 0 aliphatic carbocycles. The second-order valence-electron chi connectivity index (χ2n) is 13.9. The van der Waals surface area contributed by atoms with Crippen molar-refractivity contribution in [3.05, 3.63) is 0 Å². The van der Waals surface area contributed by atoms with Crippen molar-refractivity contribution in [2.45, 2.75) is 102 Å². The molecule has 1 saturated heterocycles. The van der Waals surface area contributed by atoms with Crippen LogP contribution in [0.5, 0.6) is 0 Å². The van der Waals surface area contributed by atoms with Crippen LogP contribution in [0.15, 0.2) is 0 Å². The van der Waals surface area contributed by atoms with Gasteiger partial charge in [0.15, 0.2) is 6.10 Å². The molecular formula is C32H53N9O16. The van der Waals surface area contributed by atoms with Crippen molar-refractivity contribution in [2.24, 2.45) is 17.6 Å². The minimum absolute atomic E-state index is 0.0420. The molecule has 8 amide bonds. The van der Waals surface area contributed by atoms with Crippen molar-refractivity contribution >= 4 is 59.0 Å². The Hall–Kier alpha value is -5.34. The van der Waals surface area contributed by atoms with Crippen molar-refractivity contribution < 1.29 is 78.6 Å². The van der Waals surface area contributed by atoms with Crippen molar-refractivity contribution in [3.8, 4) is 0 Å². The van der Waals surface area contributed by atoms with Crippen LogP contribution in [-0.2, 0) is 47.9 Å². The molecule has 0 aromatic heterocycles. The molecule has 0 aromatic rings. The summed E-state index contributed by atoms with van der Waals surface area (Å²) >= 11 is 0. The van der Waals surface area contributed by atoms with Gasteiger partial charge in [0, 0.05) is 13.0 Å². The normalized spacial score (nSPS) is 26.8. The molecule has 0 bridgehead atoms. The van der Waals surface area contributed by atoms with Crippen LogP contribution >= 0.6 is 0 Å². The average Bonchev–Trinajstić information content (AvgIpc) is 3.11. The summed E-state index contributed by atoms with van der Waals surface area (Å²) in [4.78, 5) is 129. The largest absolute Gasteiger partial charge is 0.479 e. The van der Waals surface area contributed by atoms with E-state index in [1.807, 2.05) is 21.3 Å². The van der Waals surface area contributed by atoms with Gasteiger partial charge in [0.2, 0.25) is 41.5 Å². The van der Waals surface area contributed by atoms with E-state index < -0.39 is 140 Å². The van der Waals surface area contributed by atoms with E-state index in [1.165, 1.54) is 13.8 Å². The van der Waals surface area contributed by atoms with Gasteiger partial charge < -0.3 is 78.9 Å². The summed E-state index contributed by atoms with van der Waals surface area (Å²) in [6.07, 6.45) is -8.99. The topological polar surface area (TPSA) is 414 Å². The number of aliphatic hydroxyl groups excluding tert-OH is 5. The van der Waals surface area contributed by atoms with Crippen molar-refractivity contribution in [2.75, 3.05) is 26.2 Å². The smallest absolute Gasteiger partial charge is 0.336 e. The lowest BCUT2D eigenvalue weighted by atomic mass is 9.99. The number of nitrogens with two attached hydrogens (primary N) is 1. The first kappa shape index (κ1) is 49.7. The van der Waals surface area contributed by atoms with Gasteiger partial charge >= 0.3 is 5.97 Å². The number of hydrogen-bond donors (Lipinski definition) is 15. The number of aliphatic carboxylic acids is 1. The number of Topliss-reactive ketones (excluding diaryl/α,β-unsaturated/α-hetero) is 1. The first-order valence-electron chi connectivity index (χ1n) is 17.6. The van der Waals surface area contributed by atoms with Gasteiger partial charge in [-0.3, -0.25) is 43.2 Å². The zero-order valence-electron chi connectivity index (χ0n) is 31.8. The van der Waals surface area contributed by atoms with Gasteiger partial charge in [-0.1, -0.05) is 27.7 Å². The van der Waals surface area contributed by atoms with Gasteiger partial charge in [0.25, 0.3) is 11.8 Å². The molecule has 0 aromatic carbocycles. The molecule has 0 saturated carbocycles. The lowest BCUT2D eigenvalue weighted by Gasteiger charge is -2.31. The maximum absolute atomic E-state index is 13.5. The van der Waals surface area contributed by atoms with E-state index in [9.17, 15) is 78.6 Å². The monoisotopic (exact) mass is 819 g/mol. The second-order valence-corrected chi connectivity index (χ2v) is 13.9. The average molecular weight is 820 g/mol. The maximum atomic E-state index is 13.5. The van der Waals surface area contributed by atoms with Gasteiger partial charge in [-0.2, -0.15) is 0 Å². The Morgan fingerprint density at radius 2 is 1.25 bits per heavy atom. The number of nitrogens with one attached hydrogen (secondary N) is 8. The summed E-state index contributed by atoms with van der Waals surface area (Å²) in [5, 5.41) is 78.0. The fraction of sp³-hybridized carbons (Fsp3) is 0.688. The highest BCUT2D eigenvalue weighted by atomic mass is 16.4. The van der Waals surface area contributed by atoms with Gasteiger partial charge in [0.05, 0.1) is 25.8 Å². The summed E-state index contributed by atoms with van der Waals surface area (Å²) in [5.74, 6) is -14.5. The minimum atomic E-state index is -2.52. The third-order valence-corrected chi connectivity index (χ3v) is 8.17. The van der Waals surface area contributed by atoms with Crippen LogP contribution in [0, 0.1) is 11.8 Å². The summed E-state index contributed by atoms with van der Waals surface area (Å²) in [6, 6.07) is -12.2. The number of primary amides is 1. The summed E-state index contributed by atoms with van der Waals surface area (Å²) in [5.41, 5.74) is 5.05.